The average Bonchev–Trinajstić information content (AvgIpc) is 2.36. The first-order chi connectivity index (χ1) is 9.19. The van der Waals surface area contributed by atoms with Crippen LogP contribution in [0.5, 0.6) is 0 Å². The van der Waals surface area contributed by atoms with E-state index in [9.17, 15) is 33.6 Å². The van der Waals surface area contributed by atoms with Gasteiger partial charge in [0.2, 0.25) is 0 Å². The fraction of sp³-hybridized carbons (Fsp3) is 1.00. The van der Waals surface area contributed by atoms with Crippen molar-refractivity contribution in [1.29, 1.82) is 0 Å². The lowest BCUT2D eigenvalue weighted by molar-refractivity contribution is -0.223. The fourth-order valence-corrected chi connectivity index (χ4v) is 2.33. The van der Waals surface area contributed by atoms with Gasteiger partial charge in [-0.3, -0.25) is 4.90 Å². The summed E-state index contributed by atoms with van der Waals surface area (Å²) >= 11 is 0. The summed E-state index contributed by atoms with van der Waals surface area (Å²) in [6.07, 6.45) is -11.6. The van der Waals surface area contributed by atoms with Gasteiger partial charge in [0.05, 0.1) is 12.6 Å². The predicted octanol–water partition coefficient (Wildman–Crippen LogP) is -1.20. The molecule has 1 aliphatic heterocycles. The summed E-state index contributed by atoms with van der Waals surface area (Å²) in [5.41, 5.74) is 0. The lowest BCUT2D eigenvalue weighted by Crippen LogP contribution is -2.67. The van der Waals surface area contributed by atoms with Crippen LogP contribution in [0.2, 0.25) is 0 Å². The fourth-order valence-electron chi connectivity index (χ4n) is 2.33. The van der Waals surface area contributed by atoms with E-state index in [0.717, 1.165) is 4.90 Å². The Morgan fingerprint density at radius 1 is 0.900 bits per heavy atom. The highest BCUT2D eigenvalue weighted by molar-refractivity contribution is 4.96. The molecule has 0 bridgehead atoms. The Bertz CT molecular complexity index is 304. The molecule has 0 aromatic heterocycles. The molecule has 1 aliphatic rings. The van der Waals surface area contributed by atoms with Crippen LogP contribution in [0.4, 0.5) is 13.2 Å². The van der Waals surface area contributed by atoms with Gasteiger partial charge in [0.15, 0.2) is 0 Å². The molecule has 9 heteroatoms. The first kappa shape index (κ1) is 17.6. The number of halogens is 3. The Kier molecular flexibility index (Phi) is 6.17. The summed E-state index contributed by atoms with van der Waals surface area (Å²) in [4.78, 5) is 1.11. The van der Waals surface area contributed by atoms with Gasteiger partial charge in [0, 0.05) is 13.0 Å². The number of aliphatic hydroxyl groups excluding tert-OH is 5. The van der Waals surface area contributed by atoms with Crippen molar-refractivity contribution in [3.05, 3.63) is 0 Å². The molecule has 1 rings (SSSR count). The van der Waals surface area contributed by atoms with Gasteiger partial charge in [-0.25, -0.2) is 0 Å². The van der Waals surface area contributed by atoms with Crippen molar-refractivity contribution in [1.82, 2.24) is 4.90 Å². The van der Waals surface area contributed by atoms with Crippen molar-refractivity contribution in [3.63, 3.8) is 0 Å². The van der Waals surface area contributed by atoms with Gasteiger partial charge in [-0.1, -0.05) is 0 Å². The van der Waals surface area contributed by atoms with E-state index in [2.05, 4.69) is 0 Å². The van der Waals surface area contributed by atoms with E-state index >= 15 is 0 Å². The number of unbranched alkanes of at least 4 members (excludes halogenated alkanes) is 1. The third kappa shape index (κ3) is 4.27. The van der Waals surface area contributed by atoms with E-state index in [1.807, 2.05) is 0 Å². The number of piperidine rings is 1. The summed E-state index contributed by atoms with van der Waals surface area (Å²) < 4.78 is 36.0. The van der Waals surface area contributed by atoms with Gasteiger partial charge < -0.3 is 25.5 Å². The second kappa shape index (κ2) is 7.01. The van der Waals surface area contributed by atoms with Crippen LogP contribution in [0, 0.1) is 0 Å². The molecular formula is C11H20F3NO5. The molecule has 0 aromatic rings. The molecule has 5 N–H and O–H groups in total. The average molecular weight is 303 g/mol. The number of hydrogen-bond donors (Lipinski definition) is 5. The minimum atomic E-state index is -4.26. The van der Waals surface area contributed by atoms with Crippen molar-refractivity contribution >= 4 is 0 Å². The maximum Gasteiger partial charge on any atom is 0.389 e. The van der Waals surface area contributed by atoms with Crippen molar-refractivity contribution in [2.24, 2.45) is 0 Å². The molecular weight excluding hydrogens is 283 g/mol. The summed E-state index contributed by atoms with van der Waals surface area (Å²) in [5.74, 6) is 0. The molecule has 5 atom stereocenters. The van der Waals surface area contributed by atoms with E-state index < -0.39 is 49.8 Å². The molecule has 6 nitrogen and oxygen atoms in total. The largest absolute Gasteiger partial charge is 0.395 e. The van der Waals surface area contributed by atoms with Crippen LogP contribution in [-0.2, 0) is 0 Å². The SMILES string of the molecule is OC[C@@H]1[C@@H](O)[C@H](O)[C@@H](O)C(O)N1CCCCC(F)(F)F. The number of hydrogen-bond acceptors (Lipinski definition) is 6. The lowest BCUT2D eigenvalue weighted by atomic mass is 9.92. The third-order valence-corrected chi connectivity index (χ3v) is 3.48. The van der Waals surface area contributed by atoms with Crippen molar-refractivity contribution in [2.75, 3.05) is 13.2 Å². The van der Waals surface area contributed by atoms with Crippen molar-refractivity contribution in [3.8, 4) is 0 Å². The van der Waals surface area contributed by atoms with Gasteiger partial charge in [0.25, 0.3) is 0 Å². The monoisotopic (exact) mass is 303 g/mol. The zero-order valence-electron chi connectivity index (χ0n) is 10.7. The second-order valence-corrected chi connectivity index (χ2v) is 4.95. The molecule has 1 heterocycles. The Morgan fingerprint density at radius 3 is 2.00 bits per heavy atom. The topological polar surface area (TPSA) is 104 Å². The minimum absolute atomic E-state index is 0.0384. The quantitative estimate of drug-likeness (QED) is 0.409. The Hall–Kier alpha value is -0.450. The number of likely N-dealkylation sites (tertiary alicyclic amines) is 1. The van der Waals surface area contributed by atoms with Crippen LogP contribution in [0.1, 0.15) is 19.3 Å². The van der Waals surface area contributed by atoms with E-state index in [0.29, 0.717) is 0 Å². The van der Waals surface area contributed by atoms with Crippen molar-refractivity contribution < 1.29 is 38.7 Å². The lowest BCUT2D eigenvalue weighted by Gasteiger charge is -2.46. The van der Waals surface area contributed by atoms with Gasteiger partial charge in [0.1, 0.15) is 24.5 Å². The van der Waals surface area contributed by atoms with Crippen molar-refractivity contribution in [2.45, 2.75) is 56.0 Å². The highest BCUT2D eigenvalue weighted by Crippen LogP contribution is 2.25. The first-order valence-electron chi connectivity index (χ1n) is 6.34. The molecule has 0 aliphatic carbocycles. The number of aliphatic hydroxyl groups is 5. The minimum Gasteiger partial charge on any atom is -0.395 e. The molecule has 0 aromatic carbocycles. The summed E-state index contributed by atoms with van der Waals surface area (Å²) in [6.45, 7) is -0.634. The molecule has 0 radical (unpaired) electrons. The highest BCUT2D eigenvalue weighted by atomic mass is 19.4. The Balaban J connectivity index is 2.56. The smallest absolute Gasteiger partial charge is 0.389 e. The highest BCUT2D eigenvalue weighted by Gasteiger charge is 2.46. The van der Waals surface area contributed by atoms with E-state index in [4.69, 9.17) is 5.11 Å². The van der Waals surface area contributed by atoms with Crippen LogP contribution < -0.4 is 0 Å². The summed E-state index contributed by atoms with van der Waals surface area (Å²) in [7, 11) is 0. The normalized spacial score (nSPS) is 36.3. The molecule has 120 valence electrons. The molecule has 0 amide bonds. The molecule has 1 saturated heterocycles. The van der Waals surface area contributed by atoms with Crippen LogP contribution >= 0.6 is 0 Å². The van der Waals surface area contributed by atoms with Crippen LogP contribution in [0.15, 0.2) is 0 Å². The first-order valence-corrected chi connectivity index (χ1v) is 6.34. The van der Waals surface area contributed by atoms with Gasteiger partial charge in [-0.05, 0) is 12.8 Å². The third-order valence-electron chi connectivity index (χ3n) is 3.48. The zero-order valence-corrected chi connectivity index (χ0v) is 10.7. The maximum atomic E-state index is 12.0. The van der Waals surface area contributed by atoms with Crippen LogP contribution in [0.3, 0.4) is 0 Å². The van der Waals surface area contributed by atoms with E-state index in [1.165, 1.54) is 0 Å². The molecule has 1 unspecified atom stereocenters. The zero-order chi connectivity index (χ0) is 15.5. The van der Waals surface area contributed by atoms with Crippen LogP contribution in [0.25, 0.3) is 0 Å². The number of rotatable bonds is 5. The standard InChI is InChI=1S/C11H20F3NO5/c12-11(13,14)3-1-2-4-15-6(5-16)7(17)8(18)9(19)10(15)20/h6-10,16-20H,1-5H2/t6-,7-,8+,9-,10?/m1/s1. The molecule has 0 saturated carbocycles. The number of alkyl halides is 3. The van der Waals surface area contributed by atoms with E-state index in [1.54, 1.807) is 0 Å². The molecule has 1 fully saturated rings. The number of nitrogens with zero attached hydrogens (tertiary/aromatic N) is 1. The summed E-state index contributed by atoms with van der Waals surface area (Å²) in [6, 6.07) is -1.03. The van der Waals surface area contributed by atoms with E-state index in [-0.39, 0.29) is 19.4 Å². The maximum absolute atomic E-state index is 12.0. The predicted molar refractivity (Wildman–Crippen MR) is 61.5 cm³/mol. The van der Waals surface area contributed by atoms with Gasteiger partial charge >= 0.3 is 6.18 Å². The van der Waals surface area contributed by atoms with Gasteiger partial charge in [-0.15, -0.1) is 0 Å². The Labute approximate surface area is 114 Å². The van der Waals surface area contributed by atoms with Crippen LogP contribution in [-0.4, -0.2) is 80.3 Å². The van der Waals surface area contributed by atoms with Gasteiger partial charge in [-0.2, -0.15) is 13.2 Å². The summed E-state index contributed by atoms with van der Waals surface area (Å²) in [5, 5.41) is 47.6. The molecule has 0 spiro atoms. The second-order valence-electron chi connectivity index (χ2n) is 4.95. The molecule has 20 heavy (non-hydrogen) atoms. The Morgan fingerprint density at radius 2 is 1.50 bits per heavy atom.